The molecule has 3 aliphatic rings. The van der Waals surface area contributed by atoms with E-state index in [1.807, 2.05) is 4.90 Å². The van der Waals surface area contributed by atoms with E-state index >= 15 is 0 Å². The van der Waals surface area contributed by atoms with Crippen molar-refractivity contribution in [2.75, 3.05) is 26.3 Å². The highest BCUT2D eigenvalue weighted by atomic mass is 16.6. The first-order valence-electron chi connectivity index (χ1n) is 9.43. The molecule has 3 fully saturated rings. The quantitative estimate of drug-likeness (QED) is 0.864. The van der Waals surface area contributed by atoms with Crippen LogP contribution in [0.2, 0.25) is 0 Å². The minimum atomic E-state index is -0.140. The summed E-state index contributed by atoms with van der Waals surface area (Å²) in [6.45, 7) is 7.20. The summed E-state index contributed by atoms with van der Waals surface area (Å²) in [4.78, 5) is 13.9. The van der Waals surface area contributed by atoms with Crippen LogP contribution in [0, 0.1) is 11.8 Å². The Balaban J connectivity index is 1.41. The van der Waals surface area contributed by atoms with Gasteiger partial charge in [-0.25, -0.2) is 4.79 Å². The number of fused-ring (bicyclic) bond motifs is 1. The second kappa shape index (κ2) is 7.84. The van der Waals surface area contributed by atoms with Crippen LogP contribution in [0.3, 0.4) is 0 Å². The summed E-state index contributed by atoms with van der Waals surface area (Å²) >= 11 is 0. The first-order valence-corrected chi connectivity index (χ1v) is 9.43. The lowest BCUT2D eigenvalue weighted by Gasteiger charge is -2.39. The van der Waals surface area contributed by atoms with Crippen LogP contribution in [0.5, 0.6) is 0 Å². The summed E-state index contributed by atoms with van der Waals surface area (Å²) in [5, 5.41) is 3.88. The van der Waals surface area contributed by atoms with Gasteiger partial charge in [-0.3, -0.25) is 0 Å². The number of hydrogen-bond donors (Lipinski definition) is 1. The van der Waals surface area contributed by atoms with Crippen molar-refractivity contribution in [2.24, 2.45) is 11.8 Å². The van der Waals surface area contributed by atoms with Crippen molar-refractivity contribution in [2.45, 2.75) is 70.6 Å². The van der Waals surface area contributed by atoms with E-state index in [-0.39, 0.29) is 6.09 Å². The van der Waals surface area contributed by atoms with Crippen LogP contribution in [0.4, 0.5) is 4.79 Å². The van der Waals surface area contributed by atoms with Crippen molar-refractivity contribution in [1.29, 1.82) is 0 Å². The molecule has 132 valence electrons. The van der Waals surface area contributed by atoms with Gasteiger partial charge < -0.3 is 19.7 Å². The molecule has 2 heterocycles. The number of amides is 1. The SMILES string of the molecule is CC(C)COC(=O)N1CCC(N[C@@H]2CCC[C@H]3OCC[C@H]23)CC1. The lowest BCUT2D eigenvalue weighted by atomic mass is 9.81. The van der Waals surface area contributed by atoms with E-state index in [0.717, 1.165) is 32.5 Å². The van der Waals surface area contributed by atoms with Gasteiger partial charge in [-0.2, -0.15) is 0 Å². The normalized spacial score (nSPS) is 32.1. The van der Waals surface area contributed by atoms with Gasteiger partial charge in [0.2, 0.25) is 0 Å². The molecular formula is C18H32N2O3. The number of likely N-dealkylation sites (tertiary alicyclic amines) is 1. The molecule has 1 aliphatic carbocycles. The summed E-state index contributed by atoms with van der Waals surface area (Å²) in [5.41, 5.74) is 0. The molecule has 23 heavy (non-hydrogen) atoms. The molecule has 0 unspecified atom stereocenters. The first kappa shape index (κ1) is 17.0. The van der Waals surface area contributed by atoms with E-state index < -0.39 is 0 Å². The highest BCUT2D eigenvalue weighted by Gasteiger charge is 2.38. The van der Waals surface area contributed by atoms with Crippen LogP contribution < -0.4 is 5.32 Å². The van der Waals surface area contributed by atoms with Crippen molar-refractivity contribution in [1.82, 2.24) is 10.2 Å². The summed E-state index contributed by atoms with van der Waals surface area (Å²) in [6, 6.07) is 1.15. The van der Waals surface area contributed by atoms with Crippen molar-refractivity contribution < 1.29 is 14.3 Å². The van der Waals surface area contributed by atoms with E-state index in [1.165, 1.54) is 25.7 Å². The monoisotopic (exact) mass is 324 g/mol. The van der Waals surface area contributed by atoms with Gasteiger partial charge >= 0.3 is 6.09 Å². The highest BCUT2D eigenvalue weighted by Crippen LogP contribution is 2.35. The summed E-state index contributed by atoms with van der Waals surface area (Å²) in [7, 11) is 0. The average Bonchev–Trinajstić information content (AvgIpc) is 3.03. The lowest BCUT2D eigenvalue weighted by Crippen LogP contribution is -2.51. The predicted octanol–water partition coefficient (Wildman–Crippen LogP) is 2.79. The zero-order chi connectivity index (χ0) is 16.2. The zero-order valence-electron chi connectivity index (χ0n) is 14.6. The topological polar surface area (TPSA) is 50.8 Å². The Morgan fingerprint density at radius 2 is 2.00 bits per heavy atom. The third-order valence-corrected chi connectivity index (χ3v) is 5.52. The predicted molar refractivity (Wildman–Crippen MR) is 89.4 cm³/mol. The Morgan fingerprint density at radius 1 is 1.22 bits per heavy atom. The molecule has 0 aromatic carbocycles. The molecular weight excluding hydrogens is 292 g/mol. The summed E-state index contributed by atoms with van der Waals surface area (Å²) in [5.74, 6) is 1.10. The number of carbonyl (C=O) groups excluding carboxylic acids is 1. The van der Waals surface area contributed by atoms with Crippen LogP contribution in [-0.2, 0) is 9.47 Å². The Morgan fingerprint density at radius 3 is 2.74 bits per heavy atom. The fraction of sp³-hybridized carbons (Fsp3) is 0.944. The van der Waals surface area contributed by atoms with Crippen LogP contribution in [0.15, 0.2) is 0 Å². The first-order chi connectivity index (χ1) is 11.1. The number of nitrogens with one attached hydrogen (secondary N) is 1. The van der Waals surface area contributed by atoms with Crippen molar-refractivity contribution in [3.05, 3.63) is 0 Å². The van der Waals surface area contributed by atoms with Gasteiger partial charge in [-0.15, -0.1) is 0 Å². The van der Waals surface area contributed by atoms with Crippen LogP contribution in [-0.4, -0.2) is 55.5 Å². The number of carbonyl (C=O) groups is 1. The minimum absolute atomic E-state index is 0.140. The maximum atomic E-state index is 12.0. The number of nitrogens with zero attached hydrogens (tertiary/aromatic N) is 1. The maximum Gasteiger partial charge on any atom is 0.409 e. The molecule has 0 spiro atoms. The number of hydrogen-bond acceptors (Lipinski definition) is 4. The maximum absolute atomic E-state index is 12.0. The van der Waals surface area contributed by atoms with Gasteiger partial charge in [-0.05, 0) is 44.4 Å². The number of rotatable bonds is 4. The van der Waals surface area contributed by atoms with Crippen molar-refractivity contribution in [3.63, 3.8) is 0 Å². The second-order valence-corrected chi connectivity index (χ2v) is 7.80. The van der Waals surface area contributed by atoms with E-state index in [9.17, 15) is 4.79 Å². The van der Waals surface area contributed by atoms with Gasteiger partial charge in [0.05, 0.1) is 12.7 Å². The molecule has 1 amide bonds. The molecule has 0 aromatic rings. The lowest BCUT2D eigenvalue weighted by molar-refractivity contribution is 0.0472. The standard InChI is InChI=1S/C18H32N2O3/c1-13(2)12-23-18(21)20-9-6-14(7-10-20)19-16-4-3-5-17-15(16)8-11-22-17/h13-17,19H,3-12H2,1-2H3/t15-,16-,17-/m1/s1. The average molecular weight is 324 g/mol. The molecule has 1 saturated carbocycles. The van der Waals surface area contributed by atoms with Gasteiger partial charge in [0.25, 0.3) is 0 Å². The summed E-state index contributed by atoms with van der Waals surface area (Å²) in [6.07, 6.45) is 7.43. The smallest absolute Gasteiger partial charge is 0.409 e. The van der Waals surface area contributed by atoms with E-state index in [0.29, 0.717) is 36.6 Å². The Hall–Kier alpha value is -0.810. The fourth-order valence-electron chi connectivity index (χ4n) is 4.24. The van der Waals surface area contributed by atoms with Crippen molar-refractivity contribution in [3.8, 4) is 0 Å². The molecule has 0 radical (unpaired) electrons. The molecule has 1 N–H and O–H groups in total. The molecule has 3 atom stereocenters. The van der Waals surface area contributed by atoms with Crippen LogP contribution in [0.25, 0.3) is 0 Å². The number of piperidine rings is 1. The van der Waals surface area contributed by atoms with Gasteiger partial charge in [0.1, 0.15) is 0 Å². The molecule has 3 rings (SSSR count). The summed E-state index contributed by atoms with van der Waals surface area (Å²) < 4.78 is 11.2. The molecule has 2 aliphatic heterocycles. The van der Waals surface area contributed by atoms with E-state index in [4.69, 9.17) is 9.47 Å². The van der Waals surface area contributed by atoms with E-state index in [1.54, 1.807) is 0 Å². The molecule has 0 aromatic heterocycles. The number of ether oxygens (including phenoxy) is 2. The van der Waals surface area contributed by atoms with Gasteiger partial charge in [0.15, 0.2) is 0 Å². The van der Waals surface area contributed by atoms with E-state index in [2.05, 4.69) is 19.2 Å². The Labute approximate surface area is 140 Å². The zero-order valence-corrected chi connectivity index (χ0v) is 14.6. The Bertz CT molecular complexity index is 394. The third kappa shape index (κ3) is 4.38. The highest BCUT2D eigenvalue weighted by molar-refractivity contribution is 5.67. The molecule has 2 saturated heterocycles. The largest absolute Gasteiger partial charge is 0.449 e. The second-order valence-electron chi connectivity index (χ2n) is 7.80. The van der Waals surface area contributed by atoms with Gasteiger partial charge in [0, 0.05) is 37.7 Å². The van der Waals surface area contributed by atoms with Crippen LogP contribution in [0.1, 0.15) is 52.4 Å². The fourth-order valence-corrected chi connectivity index (χ4v) is 4.24. The molecule has 5 heteroatoms. The minimum Gasteiger partial charge on any atom is -0.449 e. The third-order valence-electron chi connectivity index (χ3n) is 5.52. The van der Waals surface area contributed by atoms with Crippen molar-refractivity contribution >= 4 is 6.09 Å². The van der Waals surface area contributed by atoms with Crippen LogP contribution >= 0.6 is 0 Å². The molecule has 5 nitrogen and oxygen atoms in total. The molecule has 0 bridgehead atoms. The van der Waals surface area contributed by atoms with Gasteiger partial charge in [-0.1, -0.05) is 13.8 Å². The Kier molecular flexibility index (Phi) is 5.81.